The monoisotopic (exact) mass is 436 g/mol. The van der Waals surface area contributed by atoms with Crippen molar-refractivity contribution in [3.63, 3.8) is 0 Å². The van der Waals surface area contributed by atoms with Crippen LogP contribution < -0.4 is 10.6 Å². The molecule has 1 aromatic carbocycles. The average Bonchev–Trinajstić information content (AvgIpc) is 3.36. The second-order valence-electron chi connectivity index (χ2n) is 8.77. The maximum atomic E-state index is 5.74. The van der Waals surface area contributed by atoms with E-state index in [9.17, 15) is 0 Å². The Morgan fingerprint density at radius 1 is 1.16 bits per heavy atom. The SMILES string of the molecule is CN=C(NCCCn1ccc2ccccc21)NCC1CCN(Cc2nc(C)c(C)o2)CC1. The maximum absolute atomic E-state index is 5.74. The molecule has 1 saturated heterocycles. The van der Waals surface area contributed by atoms with Gasteiger partial charge >= 0.3 is 0 Å². The average molecular weight is 437 g/mol. The number of hydrogen-bond donors (Lipinski definition) is 2. The number of aryl methyl sites for hydroxylation is 3. The van der Waals surface area contributed by atoms with E-state index in [4.69, 9.17) is 4.42 Å². The number of fused-ring (bicyclic) bond motifs is 1. The summed E-state index contributed by atoms with van der Waals surface area (Å²) in [6.45, 7) is 9.84. The number of rotatable bonds is 8. The van der Waals surface area contributed by atoms with Crippen LogP contribution >= 0.6 is 0 Å². The number of nitrogens with one attached hydrogen (secondary N) is 2. The molecule has 3 heterocycles. The van der Waals surface area contributed by atoms with Gasteiger partial charge in [0.2, 0.25) is 5.89 Å². The molecule has 2 N–H and O–H groups in total. The number of guanidine groups is 1. The molecule has 0 atom stereocenters. The molecule has 1 aliphatic heterocycles. The molecular formula is C25H36N6O. The largest absolute Gasteiger partial charge is 0.444 e. The Kier molecular flexibility index (Phi) is 7.47. The number of aliphatic imine (C=N–C) groups is 1. The molecule has 7 heteroatoms. The molecule has 7 nitrogen and oxygen atoms in total. The standard InChI is InChI=1S/C25H36N6O/c1-19-20(2)32-24(29-19)18-30-14-9-21(10-15-30)17-28-25(26-3)27-12-6-13-31-16-11-22-7-4-5-8-23(22)31/h4-5,7-8,11,16,21H,6,9-10,12-15,17-18H2,1-3H3,(H2,26,27,28). The zero-order valence-corrected chi connectivity index (χ0v) is 19.6. The Morgan fingerprint density at radius 3 is 2.72 bits per heavy atom. The summed E-state index contributed by atoms with van der Waals surface area (Å²) >= 11 is 0. The van der Waals surface area contributed by atoms with Crippen molar-refractivity contribution in [1.29, 1.82) is 0 Å². The van der Waals surface area contributed by atoms with Crippen molar-refractivity contribution in [2.24, 2.45) is 10.9 Å². The first-order valence-electron chi connectivity index (χ1n) is 11.8. The molecule has 0 radical (unpaired) electrons. The van der Waals surface area contributed by atoms with E-state index in [1.54, 1.807) is 0 Å². The number of likely N-dealkylation sites (tertiary alicyclic amines) is 1. The molecule has 32 heavy (non-hydrogen) atoms. The van der Waals surface area contributed by atoms with Crippen molar-refractivity contribution in [1.82, 2.24) is 25.1 Å². The molecule has 0 amide bonds. The molecule has 4 rings (SSSR count). The second kappa shape index (κ2) is 10.7. The van der Waals surface area contributed by atoms with E-state index in [0.717, 1.165) is 69.0 Å². The van der Waals surface area contributed by atoms with E-state index in [0.29, 0.717) is 5.92 Å². The highest BCUT2D eigenvalue weighted by Gasteiger charge is 2.21. The van der Waals surface area contributed by atoms with Crippen LogP contribution in [0.4, 0.5) is 0 Å². The Bertz CT molecular complexity index is 1010. The number of piperidine rings is 1. The van der Waals surface area contributed by atoms with Crippen molar-refractivity contribution >= 4 is 16.9 Å². The lowest BCUT2D eigenvalue weighted by molar-refractivity contribution is 0.164. The van der Waals surface area contributed by atoms with Crippen LogP contribution in [0.3, 0.4) is 0 Å². The summed E-state index contributed by atoms with van der Waals surface area (Å²) in [6.07, 6.45) is 5.60. The van der Waals surface area contributed by atoms with Gasteiger partial charge in [-0.3, -0.25) is 9.89 Å². The topological polar surface area (TPSA) is 70.6 Å². The van der Waals surface area contributed by atoms with Gasteiger partial charge in [-0.2, -0.15) is 0 Å². The smallest absolute Gasteiger partial charge is 0.208 e. The van der Waals surface area contributed by atoms with Gasteiger partial charge in [-0.1, -0.05) is 18.2 Å². The van der Waals surface area contributed by atoms with E-state index in [2.05, 4.69) is 66.6 Å². The molecule has 172 valence electrons. The maximum Gasteiger partial charge on any atom is 0.208 e. The second-order valence-corrected chi connectivity index (χ2v) is 8.77. The molecule has 2 aromatic heterocycles. The van der Waals surface area contributed by atoms with Crippen molar-refractivity contribution in [3.8, 4) is 0 Å². The van der Waals surface area contributed by atoms with Crippen LogP contribution in [0.5, 0.6) is 0 Å². The molecule has 0 unspecified atom stereocenters. The van der Waals surface area contributed by atoms with E-state index in [1.165, 1.54) is 23.7 Å². The zero-order chi connectivity index (χ0) is 22.3. The zero-order valence-electron chi connectivity index (χ0n) is 19.6. The summed E-state index contributed by atoms with van der Waals surface area (Å²) in [5.41, 5.74) is 2.30. The molecule has 0 bridgehead atoms. The molecule has 3 aromatic rings. The summed E-state index contributed by atoms with van der Waals surface area (Å²) in [5.74, 6) is 3.34. The number of oxazole rings is 1. The van der Waals surface area contributed by atoms with E-state index >= 15 is 0 Å². The fourth-order valence-corrected chi connectivity index (χ4v) is 4.40. The number of hydrogen-bond acceptors (Lipinski definition) is 4. The Hall–Kier alpha value is -2.80. The highest BCUT2D eigenvalue weighted by molar-refractivity contribution is 5.80. The predicted octanol–water partition coefficient (Wildman–Crippen LogP) is 3.71. The van der Waals surface area contributed by atoms with E-state index in [-0.39, 0.29) is 0 Å². The van der Waals surface area contributed by atoms with E-state index in [1.807, 2.05) is 20.9 Å². The number of aromatic nitrogens is 2. The van der Waals surface area contributed by atoms with Gasteiger partial charge in [0, 0.05) is 38.4 Å². The first kappa shape index (κ1) is 22.4. The third kappa shape index (κ3) is 5.71. The normalized spacial score (nSPS) is 16.0. The molecule has 1 fully saturated rings. The quantitative estimate of drug-likeness (QED) is 0.320. The number of para-hydroxylation sites is 1. The van der Waals surface area contributed by atoms with Crippen LogP contribution in [0.15, 0.2) is 45.9 Å². The van der Waals surface area contributed by atoms with Gasteiger partial charge in [0.05, 0.1) is 12.2 Å². The van der Waals surface area contributed by atoms with Gasteiger partial charge < -0.3 is 19.6 Å². The number of nitrogens with zero attached hydrogens (tertiary/aromatic N) is 4. The van der Waals surface area contributed by atoms with Crippen molar-refractivity contribution in [3.05, 3.63) is 53.9 Å². The highest BCUT2D eigenvalue weighted by Crippen LogP contribution is 2.19. The fourth-order valence-electron chi connectivity index (χ4n) is 4.40. The Balaban J connectivity index is 1.13. The van der Waals surface area contributed by atoms with Gasteiger partial charge in [0.25, 0.3) is 0 Å². The van der Waals surface area contributed by atoms with Gasteiger partial charge in [0.1, 0.15) is 5.76 Å². The summed E-state index contributed by atoms with van der Waals surface area (Å²) in [7, 11) is 1.84. The lowest BCUT2D eigenvalue weighted by Crippen LogP contribution is -2.43. The molecule has 1 aliphatic rings. The van der Waals surface area contributed by atoms with Gasteiger partial charge in [-0.25, -0.2) is 4.98 Å². The molecular weight excluding hydrogens is 400 g/mol. The molecule has 0 spiro atoms. The summed E-state index contributed by atoms with van der Waals surface area (Å²) in [5, 5.41) is 8.28. The van der Waals surface area contributed by atoms with Crippen LogP contribution in [0.1, 0.15) is 36.6 Å². The van der Waals surface area contributed by atoms with Crippen LogP contribution in [-0.2, 0) is 13.1 Å². The Labute approximate surface area is 190 Å². The molecule has 0 saturated carbocycles. The van der Waals surface area contributed by atoms with Gasteiger partial charge in [0.15, 0.2) is 5.96 Å². The van der Waals surface area contributed by atoms with Crippen LogP contribution in [-0.4, -0.2) is 53.6 Å². The third-order valence-electron chi connectivity index (χ3n) is 6.47. The van der Waals surface area contributed by atoms with Crippen LogP contribution in [0, 0.1) is 19.8 Å². The van der Waals surface area contributed by atoms with Crippen molar-refractivity contribution in [2.75, 3.05) is 33.2 Å². The third-order valence-corrected chi connectivity index (χ3v) is 6.47. The van der Waals surface area contributed by atoms with Gasteiger partial charge in [-0.05, 0) is 69.6 Å². The number of benzene rings is 1. The van der Waals surface area contributed by atoms with Crippen molar-refractivity contribution in [2.45, 2.75) is 46.2 Å². The summed E-state index contributed by atoms with van der Waals surface area (Å²) in [6, 6.07) is 10.7. The highest BCUT2D eigenvalue weighted by atomic mass is 16.4. The first-order chi connectivity index (χ1) is 15.6. The first-order valence-corrected chi connectivity index (χ1v) is 11.8. The minimum atomic E-state index is 0.670. The lowest BCUT2D eigenvalue weighted by Gasteiger charge is -2.31. The van der Waals surface area contributed by atoms with E-state index < -0.39 is 0 Å². The fraction of sp³-hybridized carbons (Fsp3) is 0.520. The Morgan fingerprint density at radius 2 is 1.97 bits per heavy atom. The molecule has 0 aliphatic carbocycles. The van der Waals surface area contributed by atoms with Crippen molar-refractivity contribution < 1.29 is 4.42 Å². The predicted molar refractivity (Wildman–Crippen MR) is 130 cm³/mol. The minimum Gasteiger partial charge on any atom is -0.444 e. The van der Waals surface area contributed by atoms with Crippen LogP contribution in [0.2, 0.25) is 0 Å². The minimum absolute atomic E-state index is 0.670. The van der Waals surface area contributed by atoms with Crippen LogP contribution in [0.25, 0.3) is 10.9 Å². The summed E-state index contributed by atoms with van der Waals surface area (Å²) in [4.78, 5) is 11.4. The lowest BCUT2D eigenvalue weighted by atomic mass is 9.97. The van der Waals surface area contributed by atoms with Gasteiger partial charge in [-0.15, -0.1) is 0 Å². The summed E-state index contributed by atoms with van der Waals surface area (Å²) < 4.78 is 8.06.